The molecular weight excluding hydrogens is 432 g/mol. The SMILES string of the molecule is Cc1nn(C2CCN(C)CC2)cc1Nc1ncc(C2CC2)c(NCCCN2CC=COC2=O)n1. The van der Waals surface area contributed by atoms with E-state index in [-0.39, 0.29) is 6.09 Å². The van der Waals surface area contributed by atoms with Crippen LogP contribution in [0.4, 0.5) is 22.2 Å². The number of hydrogen-bond donors (Lipinski definition) is 2. The number of nitrogens with zero attached hydrogens (tertiary/aromatic N) is 6. The molecule has 0 aromatic carbocycles. The van der Waals surface area contributed by atoms with Gasteiger partial charge < -0.3 is 25.2 Å². The lowest BCUT2D eigenvalue weighted by Gasteiger charge is -2.28. The highest BCUT2D eigenvalue weighted by molar-refractivity contribution is 5.69. The van der Waals surface area contributed by atoms with Crippen molar-refractivity contribution in [3.05, 3.63) is 36.0 Å². The molecule has 1 amide bonds. The van der Waals surface area contributed by atoms with Crippen LogP contribution in [0.25, 0.3) is 0 Å². The summed E-state index contributed by atoms with van der Waals surface area (Å²) in [5, 5.41) is 11.6. The summed E-state index contributed by atoms with van der Waals surface area (Å²) < 4.78 is 7.04. The van der Waals surface area contributed by atoms with Gasteiger partial charge in [0.25, 0.3) is 0 Å². The molecule has 4 heterocycles. The number of carbonyl (C=O) groups excluding carboxylic acids is 1. The van der Waals surface area contributed by atoms with Gasteiger partial charge in [0.2, 0.25) is 5.95 Å². The molecule has 10 nitrogen and oxygen atoms in total. The lowest BCUT2D eigenvalue weighted by Crippen LogP contribution is -2.34. The molecule has 0 radical (unpaired) electrons. The summed E-state index contributed by atoms with van der Waals surface area (Å²) >= 11 is 0. The van der Waals surface area contributed by atoms with Crippen molar-refractivity contribution < 1.29 is 9.53 Å². The van der Waals surface area contributed by atoms with Gasteiger partial charge in [-0.05, 0) is 71.2 Å². The van der Waals surface area contributed by atoms with Crippen LogP contribution in [0.3, 0.4) is 0 Å². The van der Waals surface area contributed by atoms with E-state index in [0.29, 0.717) is 31.0 Å². The number of nitrogens with one attached hydrogen (secondary N) is 2. The molecule has 2 fully saturated rings. The van der Waals surface area contributed by atoms with E-state index in [1.165, 1.54) is 24.7 Å². The second-order valence-corrected chi connectivity index (χ2v) is 9.52. The molecular formula is C24H34N8O2. The van der Waals surface area contributed by atoms with E-state index >= 15 is 0 Å². The fraction of sp³-hybridized carbons (Fsp3) is 0.583. The lowest BCUT2D eigenvalue weighted by molar-refractivity contribution is 0.133. The summed E-state index contributed by atoms with van der Waals surface area (Å²) in [6, 6.07) is 0.438. The number of hydrogen-bond acceptors (Lipinski definition) is 8. The average molecular weight is 467 g/mol. The van der Waals surface area contributed by atoms with Crippen LogP contribution in [0.15, 0.2) is 24.7 Å². The van der Waals surface area contributed by atoms with Gasteiger partial charge in [-0.15, -0.1) is 0 Å². The highest BCUT2D eigenvalue weighted by Gasteiger charge is 2.28. The van der Waals surface area contributed by atoms with E-state index < -0.39 is 0 Å². The molecule has 0 unspecified atom stereocenters. The van der Waals surface area contributed by atoms with Gasteiger partial charge in [0.15, 0.2) is 0 Å². The molecule has 1 aliphatic carbocycles. The number of rotatable bonds is 9. The summed E-state index contributed by atoms with van der Waals surface area (Å²) in [5.41, 5.74) is 3.07. The van der Waals surface area contributed by atoms with Crippen LogP contribution in [0.1, 0.15) is 55.3 Å². The molecule has 10 heteroatoms. The predicted octanol–water partition coefficient (Wildman–Crippen LogP) is 3.64. The van der Waals surface area contributed by atoms with E-state index in [1.54, 1.807) is 4.90 Å². The topological polar surface area (TPSA) is 100 Å². The van der Waals surface area contributed by atoms with Crippen molar-refractivity contribution in [3.63, 3.8) is 0 Å². The van der Waals surface area contributed by atoms with E-state index in [1.807, 2.05) is 19.2 Å². The first-order valence-electron chi connectivity index (χ1n) is 12.3. The molecule has 2 aromatic heterocycles. The summed E-state index contributed by atoms with van der Waals surface area (Å²) in [4.78, 5) is 25.2. The Bertz CT molecular complexity index is 1040. The maximum Gasteiger partial charge on any atom is 0.414 e. The van der Waals surface area contributed by atoms with Crippen molar-refractivity contribution in [1.82, 2.24) is 29.5 Å². The first-order valence-corrected chi connectivity index (χ1v) is 12.3. The van der Waals surface area contributed by atoms with Gasteiger partial charge in [-0.2, -0.15) is 10.1 Å². The molecule has 0 spiro atoms. The number of aromatic nitrogens is 4. The summed E-state index contributed by atoms with van der Waals surface area (Å²) in [6.07, 6.45) is 12.4. The number of ether oxygens (including phenoxy) is 1. The van der Waals surface area contributed by atoms with Crippen LogP contribution in [-0.4, -0.2) is 75.4 Å². The number of piperidine rings is 1. The molecule has 34 heavy (non-hydrogen) atoms. The smallest absolute Gasteiger partial charge is 0.414 e. The summed E-state index contributed by atoms with van der Waals surface area (Å²) in [6.45, 7) is 6.17. The monoisotopic (exact) mass is 466 g/mol. The van der Waals surface area contributed by atoms with Gasteiger partial charge in [0, 0.05) is 37.6 Å². The van der Waals surface area contributed by atoms with E-state index in [9.17, 15) is 4.79 Å². The zero-order chi connectivity index (χ0) is 23.5. The Morgan fingerprint density at radius 3 is 2.79 bits per heavy atom. The van der Waals surface area contributed by atoms with Crippen LogP contribution in [0, 0.1) is 6.92 Å². The third-order valence-electron chi connectivity index (χ3n) is 6.81. The molecule has 0 atom stereocenters. The van der Waals surface area contributed by atoms with Crippen LogP contribution in [0.5, 0.6) is 0 Å². The van der Waals surface area contributed by atoms with Gasteiger partial charge in [0.05, 0.1) is 23.7 Å². The summed E-state index contributed by atoms with van der Waals surface area (Å²) in [7, 11) is 2.17. The highest BCUT2D eigenvalue weighted by Crippen LogP contribution is 2.43. The van der Waals surface area contributed by atoms with Crippen LogP contribution in [0.2, 0.25) is 0 Å². The lowest BCUT2D eigenvalue weighted by atomic mass is 10.1. The number of aryl methyl sites for hydroxylation is 1. The van der Waals surface area contributed by atoms with Gasteiger partial charge >= 0.3 is 6.09 Å². The van der Waals surface area contributed by atoms with Crippen LogP contribution < -0.4 is 10.6 Å². The van der Waals surface area contributed by atoms with Crippen molar-refractivity contribution >= 4 is 23.5 Å². The number of likely N-dealkylation sites (tertiary alicyclic amines) is 1. The number of cyclic esters (lactones) is 1. The van der Waals surface area contributed by atoms with Crippen LogP contribution >= 0.6 is 0 Å². The molecule has 2 N–H and O–H groups in total. The number of anilines is 3. The molecule has 0 bridgehead atoms. The second-order valence-electron chi connectivity index (χ2n) is 9.52. The Hall–Kier alpha value is -3.14. The molecule has 1 saturated heterocycles. The Morgan fingerprint density at radius 2 is 2.03 bits per heavy atom. The third kappa shape index (κ3) is 5.32. The predicted molar refractivity (Wildman–Crippen MR) is 130 cm³/mol. The Kier molecular flexibility index (Phi) is 6.66. The maximum atomic E-state index is 11.8. The van der Waals surface area contributed by atoms with Crippen molar-refractivity contribution in [1.29, 1.82) is 0 Å². The van der Waals surface area contributed by atoms with Crippen molar-refractivity contribution in [2.24, 2.45) is 0 Å². The van der Waals surface area contributed by atoms with Gasteiger partial charge in [-0.25, -0.2) is 9.78 Å². The molecule has 5 rings (SSSR count). The first-order chi connectivity index (χ1) is 16.6. The van der Waals surface area contributed by atoms with E-state index in [0.717, 1.165) is 56.1 Å². The first kappa shape index (κ1) is 22.6. The Morgan fingerprint density at radius 1 is 1.21 bits per heavy atom. The largest absolute Gasteiger partial charge is 0.418 e. The summed E-state index contributed by atoms with van der Waals surface area (Å²) in [5.74, 6) is 1.98. The number of amides is 1. The third-order valence-corrected chi connectivity index (χ3v) is 6.81. The molecule has 2 aromatic rings. The van der Waals surface area contributed by atoms with E-state index in [2.05, 4.69) is 38.4 Å². The fourth-order valence-corrected chi connectivity index (χ4v) is 4.54. The zero-order valence-corrected chi connectivity index (χ0v) is 20.0. The Balaban J connectivity index is 1.22. The number of carbonyl (C=O) groups is 1. The molecule has 1 saturated carbocycles. The van der Waals surface area contributed by atoms with Crippen molar-refractivity contribution in [2.75, 3.05) is 50.4 Å². The quantitative estimate of drug-likeness (QED) is 0.541. The van der Waals surface area contributed by atoms with Gasteiger partial charge in [-0.1, -0.05) is 0 Å². The minimum Gasteiger partial charge on any atom is -0.418 e. The minimum absolute atomic E-state index is 0.286. The standard InChI is InChI=1S/C24H34N8O2/c1-17-21(16-32(29-17)19-7-12-30(2)13-8-19)27-23-26-15-20(18-5-6-18)22(28-23)25-9-3-10-31-11-4-14-34-24(31)33/h4,14-16,18-19H,3,5-13H2,1-2H3,(H2,25,26,27,28). The molecule has 3 aliphatic rings. The minimum atomic E-state index is -0.286. The maximum absolute atomic E-state index is 11.8. The molecule has 182 valence electrons. The highest BCUT2D eigenvalue weighted by atomic mass is 16.5. The fourth-order valence-electron chi connectivity index (χ4n) is 4.54. The van der Waals surface area contributed by atoms with Crippen molar-refractivity contribution in [2.45, 2.75) is 51.0 Å². The van der Waals surface area contributed by atoms with E-state index in [4.69, 9.17) is 14.8 Å². The Labute approximate surface area is 200 Å². The zero-order valence-electron chi connectivity index (χ0n) is 20.0. The average Bonchev–Trinajstić information content (AvgIpc) is 3.62. The van der Waals surface area contributed by atoms with Gasteiger partial charge in [0.1, 0.15) is 5.82 Å². The van der Waals surface area contributed by atoms with Gasteiger partial charge in [-0.3, -0.25) is 4.68 Å². The van der Waals surface area contributed by atoms with Crippen LogP contribution in [-0.2, 0) is 4.74 Å². The van der Waals surface area contributed by atoms with Crippen molar-refractivity contribution in [3.8, 4) is 0 Å². The second kappa shape index (κ2) is 10.0. The molecule has 2 aliphatic heterocycles. The normalized spacial score (nSPS) is 19.4.